The fourth-order valence-electron chi connectivity index (χ4n) is 3.87. The number of carbonyl (C=O) groups excluding carboxylic acids is 2. The zero-order chi connectivity index (χ0) is 25.0. The molecular weight excluding hydrogens is 440 g/mol. The molecule has 0 bridgehead atoms. The maximum absolute atomic E-state index is 13.0. The van der Waals surface area contributed by atoms with E-state index in [4.69, 9.17) is 9.84 Å². The molecule has 0 aromatic heterocycles. The molecule has 180 valence electrons. The van der Waals surface area contributed by atoms with Gasteiger partial charge in [-0.05, 0) is 16.5 Å². The second kappa shape index (κ2) is 10.1. The number of hydrogen-bond donors (Lipinski definition) is 2. The number of nitrogens with zero attached hydrogens (tertiary/aromatic N) is 2. The number of Topliss-reactive ketones (excluding diaryl/α,β-unsaturated/α-hetero) is 1. The van der Waals surface area contributed by atoms with Gasteiger partial charge in [0.2, 0.25) is 0 Å². The molecule has 0 unspecified atom stereocenters. The highest BCUT2D eigenvalue weighted by Crippen LogP contribution is 2.40. The molecule has 1 saturated heterocycles. The standard InChI is InChI=1S/C25H28N2O7/c1-25(2,3)18-9-7-16(8-10-18)21-20(22(29)17-5-4-6-19(15-17)27(32)33)23(30)24(31)26(21)11-13-34-14-12-28/h4-10,15,21,28-29H,11-14H2,1-3H3/t21-/m0/s1. The van der Waals surface area contributed by atoms with Crippen LogP contribution in [0.3, 0.4) is 0 Å². The number of rotatable bonds is 8. The fraction of sp³-hybridized carbons (Fsp3) is 0.360. The van der Waals surface area contributed by atoms with Gasteiger partial charge >= 0.3 is 0 Å². The molecule has 1 fully saturated rings. The minimum absolute atomic E-state index is 0.0575. The molecule has 2 aromatic carbocycles. The summed E-state index contributed by atoms with van der Waals surface area (Å²) in [6, 6.07) is 11.8. The van der Waals surface area contributed by atoms with E-state index in [-0.39, 0.29) is 48.6 Å². The predicted molar refractivity (Wildman–Crippen MR) is 125 cm³/mol. The first kappa shape index (κ1) is 25.1. The fourth-order valence-corrected chi connectivity index (χ4v) is 3.87. The van der Waals surface area contributed by atoms with E-state index in [1.165, 1.54) is 23.1 Å². The van der Waals surface area contributed by atoms with Gasteiger partial charge < -0.3 is 19.8 Å². The summed E-state index contributed by atoms with van der Waals surface area (Å²) in [5.74, 6) is -2.16. The zero-order valence-electron chi connectivity index (χ0n) is 19.4. The second-order valence-electron chi connectivity index (χ2n) is 9.01. The largest absolute Gasteiger partial charge is 0.507 e. The van der Waals surface area contributed by atoms with Crippen molar-refractivity contribution in [1.29, 1.82) is 0 Å². The van der Waals surface area contributed by atoms with Crippen molar-refractivity contribution >= 4 is 23.1 Å². The van der Waals surface area contributed by atoms with Crippen LogP contribution in [0.15, 0.2) is 54.1 Å². The van der Waals surface area contributed by atoms with E-state index in [1.54, 1.807) is 12.1 Å². The number of aliphatic hydroxyl groups excluding tert-OH is 2. The SMILES string of the molecule is CC(C)(C)c1ccc([C@H]2C(=C(O)c3cccc([N+](=O)[O-])c3)C(=O)C(=O)N2CCOCCO)cc1. The molecule has 34 heavy (non-hydrogen) atoms. The summed E-state index contributed by atoms with van der Waals surface area (Å²) >= 11 is 0. The van der Waals surface area contributed by atoms with E-state index < -0.39 is 28.4 Å². The molecule has 9 nitrogen and oxygen atoms in total. The van der Waals surface area contributed by atoms with Gasteiger partial charge in [0.15, 0.2) is 0 Å². The summed E-state index contributed by atoms with van der Waals surface area (Å²) in [5.41, 5.74) is 1.24. The molecule has 1 heterocycles. The Bertz CT molecular complexity index is 1120. The molecule has 0 saturated carbocycles. The van der Waals surface area contributed by atoms with Gasteiger partial charge in [-0.25, -0.2) is 0 Å². The molecule has 9 heteroatoms. The summed E-state index contributed by atoms with van der Waals surface area (Å²) in [6.45, 7) is 6.24. The highest BCUT2D eigenvalue weighted by molar-refractivity contribution is 6.46. The molecule has 1 atom stereocenters. The van der Waals surface area contributed by atoms with Crippen LogP contribution in [0.25, 0.3) is 5.76 Å². The third-order valence-electron chi connectivity index (χ3n) is 5.67. The van der Waals surface area contributed by atoms with Crippen molar-refractivity contribution in [2.75, 3.05) is 26.4 Å². The molecule has 0 radical (unpaired) electrons. The zero-order valence-corrected chi connectivity index (χ0v) is 19.4. The average Bonchev–Trinajstić information content (AvgIpc) is 3.06. The minimum atomic E-state index is -0.897. The van der Waals surface area contributed by atoms with Gasteiger partial charge in [-0.1, -0.05) is 57.2 Å². The number of nitro benzene ring substituents is 1. The van der Waals surface area contributed by atoms with E-state index in [2.05, 4.69) is 20.8 Å². The van der Waals surface area contributed by atoms with Gasteiger partial charge in [0.1, 0.15) is 5.76 Å². The lowest BCUT2D eigenvalue weighted by molar-refractivity contribution is -0.384. The third kappa shape index (κ3) is 5.16. The number of hydrogen-bond acceptors (Lipinski definition) is 7. The van der Waals surface area contributed by atoms with E-state index in [1.807, 2.05) is 12.1 Å². The number of ether oxygens (including phenoxy) is 1. The van der Waals surface area contributed by atoms with Crippen LogP contribution < -0.4 is 0 Å². The quantitative estimate of drug-likeness (QED) is 0.152. The second-order valence-corrected chi connectivity index (χ2v) is 9.01. The van der Waals surface area contributed by atoms with Gasteiger partial charge in [-0.15, -0.1) is 0 Å². The number of aliphatic hydroxyl groups is 2. The van der Waals surface area contributed by atoms with Crippen molar-refractivity contribution in [2.45, 2.75) is 32.2 Å². The van der Waals surface area contributed by atoms with Crippen molar-refractivity contribution in [3.05, 3.63) is 80.9 Å². The van der Waals surface area contributed by atoms with Crippen molar-refractivity contribution < 1.29 is 29.5 Å². The van der Waals surface area contributed by atoms with Crippen molar-refractivity contribution in [3.63, 3.8) is 0 Å². The Morgan fingerprint density at radius 2 is 1.79 bits per heavy atom. The Kier molecular flexibility index (Phi) is 7.48. The summed E-state index contributed by atoms with van der Waals surface area (Å²) in [7, 11) is 0. The van der Waals surface area contributed by atoms with Crippen molar-refractivity contribution in [2.24, 2.45) is 0 Å². The molecule has 0 spiro atoms. The normalized spacial score (nSPS) is 17.9. The van der Waals surface area contributed by atoms with Crippen molar-refractivity contribution in [1.82, 2.24) is 4.90 Å². The molecule has 1 aliphatic rings. The Hall–Kier alpha value is -3.56. The Morgan fingerprint density at radius 1 is 1.12 bits per heavy atom. The Morgan fingerprint density at radius 3 is 2.38 bits per heavy atom. The summed E-state index contributed by atoms with van der Waals surface area (Å²) in [5, 5.41) is 31.2. The first-order valence-corrected chi connectivity index (χ1v) is 10.9. The lowest BCUT2D eigenvalue weighted by Crippen LogP contribution is -2.33. The molecule has 2 aromatic rings. The summed E-state index contributed by atoms with van der Waals surface area (Å²) < 4.78 is 5.29. The monoisotopic (exact) mass is 468 g/mol. The number of nitro groups is 1. The molecular formula is C25H28N2O7. The van der Waals surface area contributed by atoms with Crippen LogP contribution in [0.4, 0.5) is 5.69 Å². The van der Waals surface area contributed by atoms with Crippen LogP contribution in [0.5, 0.6) is 0 Å². The minimum Gasteiger partial charge on any atom is -0.507 e. The van der Waals surface area contributed by atoms with Gasteiger partial charge in [-0.2, -0.15) is 0 Å². The van der Waals surface area contributed by atoms with Crippen LogP contribution >= 0.6 is 0 Å². The van der Waals surface area contributed by atoms with Crippen LogP contribution in [0.1, 0.15) is 43.5 Å². The van der Waals surface area contributed by atoms with E-state index in [9.17, 15) is 24.8 Å². The number of amides is 1. The predicted octanol–water partition coefficient (Wildman–Crippen LogP) is 3.32. The highest BCUT2D eigenvalue weighted by Gasteiger charge is 2.46. The van der Waals surface area contributed by atoms with Gasteiger partial charge in [0.05, 0.1) is 36.4 Å². The topological polar surface area (TPSA) is 130 Å². The van der Waals surface area contributed by atoms with Crippen LogP contribution in [0.2, 0.25) is 0 Å². The lowest BCUT2D eigenvalue weighted by atomic mass is 9.85. The first-order chi connectivity index (χ1) is 16.1. The van der Waals surface area contributed by atoms with Crippen LogP contribution in [0, 0.1) is 10.1 Å². The molecule has 0 aliphatic carbocycles. The van der Waals surface area contributed by atoms with Gasteiger partial charge in [-0.3, -0.25) is 19.7 Å². The number of ketones is 1. The third-order valence-corrected chi connectivity index (χ3v) is 5.67. The van der Waals surface area contributed by atoms with Crippen LogP contribution in [-0.2, 0) is 19.7 Å². The number of likely N-dealkylation sites (tertiary alicyclic amines) is 1. The van der Waals surface area contributed by atoms with Crippen molar-refractivity contribution in [3.8, 4) is 0 Å². The molecule has 1 amide bonds. The Balaban J connectivity index is 2.11. The number of non-ortho nitro benzene ring substituents is 1. The molecule has 1 aliphatic heterocycles. The maximum atomic E-state index is 13.0. The van der Waals surface area contributed by atoms with Gasteiger partial charge in [0.25, 0.3) is 17.4 Å². The smallest absolute Gasteiger partial charge is 0.295 e. The van der Waals surface area contributed by atoms with E-state index in [0.717, 1.165) is 11.6 Å². The highest BCUT2D eigenvalue weighted by atomic mass is 16.6. The average molecular weight is 469 g/mol. The Labute approximate surface area is 197 Å². The van der Waals surface area contributed by atoms with E-state index in [0.29, 0.717) is 5.56 Å². The number of carbonyl (C=O) groups is 2. The number of benzene rings is 2. The summed E-state index contributed by atoms with van der Waals surface area (Å²) in [6.07, 6.45) is 0. The summed E-state index contributed by atoms with van der Waals surface area (Å²) in [4.78, 5) is 37.8. The maximum Gasteiger partial charge on any atom is 0.295 e. The van der Waals surface area contributed by atoms with E-state index >= 15 is 0 Å². The lowest BCUT2D eigenvalue weighted by Gasteiger charge is -2.26. The van der Waals surface area contributed by atoms with Crippen LogP contribution in [-0.4, -0.2) is 58.1 Å². The van der Waals surface area contributed by atoms with Gasteiger partial charge in [0, 0.05) is 24.2 Å². The first-order valence-electron chi connectivity index (χ1n) is 10.9. The molecule has 2 N–H and O–H groups in total. The molecule has 3 rings (SSSR count).